The van der Waals surface area contributed by atoms with Crippen LogP contribution in [0.1, 0.15) is 26.2 Å². The molecule has 0 fully saturated rings. The third kappa shape index (κ3) is 5.34. The fourth-order valence-corrected chi connectivity index (χ4v) is 3.00. The molecule has 1 N–H and O–H groups in total. The first-order valence-corrected chi connectivity index (χ1v) is 9.74. The predicted octanol–water partition coefficient (Wildman–Crippen LogP) is 4.16. The van der Waals surface area contributed by atoms with Crippen LogP contribution >= 0.6 is 0 Å². The molecule has 0 saturated heterocycles. The molecule has 7 heteroatoms. The van der Waals surface area contributed by atoms with Crippen LogP contribution in [0.5, 0.6) is 5.75 Å². The van der Waals surface area contributed by atoms with Crippen LogP contribution in [0.15, 0.2) is 53.1 Å². The summed E-state index contributed by atoms with van der Waals surface area (Å²) < 4.78 is 10.4. The number of hydrogen-bond donors (Lipinski definition) is 1. The molecule has 0 spiro atoms. The van der Waals surface area contributed by atoms with E-state index in [9.17, 15) is 4.79 Å². The molecule has 0 atom stereocenters. The van der Waals surface area contributed by atoms with Gasteiger partial charge in [0.15, 0.2) is 0 Å². The number of nitrogens with zero attached hydrogens (tertiary/aromatic N) is 3. The number of ether oxygens (including phenoxy) is 1. The summed E-state index contributed by atoms with van der Waals surface area (Å²) in [4.78, 5) is 18.9. The van der Waals surface area contributed by atoms with Crippen molar-refractivity contribution in [2.24, 2.45) is 0 Å². The largest absolute Gasteiger partial charge is 0.497 e. The lowest BCUT2D eigenvalue weighted by Gasteiger charge is -2.21. The van der Waals surface area contributed by atoms with Gasteiger partial charge in [-0.15, -0.1) is 0 Å². The molecule has 0 bridgehead atoms. The number of benzene rings is 2. The Balaban J connectivity index is 1.52. The van der Waals surface area contributed by atoms with E-state index in [2.05, 4.69) is 34.2 Å². The van der Waals surface area contributed by atoms with Gasteiger partial charge >= 0.3 is 0 Å². The van der Waals surface area contributed by atoms with E-state index >= 15 is 0 Å². The van der Waals surface area contributed by atoms with Gasteiger partial charge in [0.25, 0.3) is 0 Å². The van der Waals surface area contributed by atoms with Crippen molar-refractivity contribution in [3.8, 4) is 17.1 Å². The summed E-state index contributed by atoms with van der Waals surface area (Å²) in [6.07, 6.45) is 0.647. The Hall–Kier alpha value is -3.35. The van der Waals surface area contributed by atoms with Crippen molar-refractivity contribution in [2.45, 2.75) is 26.7 Å². The lowest BCUT2D eigenvalue weighted by atomic mass is 10.2. The van der Waals surface area contributed by atoms with Gasteiger partial charge in [-0.25, -0.2) is 0 Å². The Morgan fingerprint density at radius 2 is 1.76 bits per heavy atom. The lowest BCUT2D eigenvalue weighted by molar-refractivity contribution is -0.116. The minimum absolute atomic E-state index is 0.0928. The number of methoxy groups -OCH3 is 1. The summed E-state index contributed by atoms with van der Waals surface area (Å²) in [7, 11) is 1.62. The lowest BCUT2D eigenvalue weighted by Crippen LogP contribution is -2.21. The molecular formula is C22H26N4O3. The number of carbonyl (C=O) groups excluding carboxylic acids is 1. The standard InChI is InChI=1S/C22H26N4O3/c1-4-26(5-2)18-10-8-17(9-11-18)23-20(27)14-15-21-24-22(25-29-21)16-6-12-19(28-3)13-7-16/h6-13H,4-5,14-15H2,1-3H3,(H,23,27). The molecular weight excluding hydrogens is 368 g/mol. The van der Waals surface area contributed by atoms with Crippen LogP contribution in [-0.2, 0) is 11.2 Å². The smallest absolute Gasteiger partial charge is 0.227 e. The van der Waals surface area contributed by atoms with Crippen molar-refractivity contribution in [3.05, 3.63) is 54.4 Å². The number of aromatic nitrogens is 2. The second-order valence-electron chi connectivity index (χ2n) is 6.51. The topological polar surface area (TPSA) is 80.5 Å². The van der Waals surface area contributed by atoms with Gasteiger partial charge in [0.05, 0.1) is 7.11 Å². The molecule has 3 rings (SSSR count). The average Bonchev–Trinajstić information content (AvgIpc) is 3.23. The van der Waals surface area contributed by atoms with Gasteiger partial charge in [0.1, 0.15) is 5.75 Å². The molecule has 2 aromatic carbocycles. The number of rotatable bonds is 9. The molecule has 29 heavy (non-hydrogen) atoms. The zero-order valence-electron chi connectivity index (χ0n) is 17.0. The van der Waals surface area contributed by atoms with Crippen molar-refractivity contribution >= 4 is 17.3 Å². The van der Waals surface area contributed by atoms with Gasteiger partial charge in [-0.05, 0) is 62.4 Å². The van der Waals surface area contributed by atoms with Gasteiger partial charge in [-0.3, -0.25) is 4.79 Å². The van der Waals surface area contributed by atoms with Gasteiger partial charge in [0.2, 0.25) is 17.6 Å². The highest BCUT2D eigenvalue weighted by Crippen LogP contribution is 2.20. The van der Waals surface area contributed by atoms with E-state index in [0.717, 1.165) is 35.8 Å². The zero-order valence-corrected chi connectivity index (χ0v) is 17.0. The summed E-state index contributed by atoms with van der Waals surface area (Å²) in [5.74, 6) is 1.60. The van der Waals surface area contributed by atoms with Gasteiger partial charge in [-0.2, -0.15) is 4.98 Å². The van der Waals surface area contributed by atoms with Crippen LogP contribution in [0.25, 0.3) is 11.4 Å². The van der Waals surface area contributed by atoms with E-state index in [1.54, 1.807) is 7.11 Å². The predicted molar refractivity (Wildman–Crippen MR) is 113 cm³/mol. The Morgan fingerprint density at radius 3 is 2.38 bits per heavy atom. The summed E-state index contributed by atoms with van der Waals surface area (Å²) in [6.45, 7) is 6.14. The molecule has 0 aliphatic heterocycles. The molecule has 1 amide bonds. The second kappa shape index (κ2) is 9.73. The Kier molecular flexibility index (Phi) is 6.84. The maximum atomic E-state index is 12.2. The minimum atomic E-state index is -0.0928. The molecule has 7 nitrogen and oxygen atoms in total. The van der Waals surface area contributed by atoms with Gasteiger partial charge in [0, 0.05) is 42.9 Å². The van der Waals surface area contributed by atoms with E-state index < -0.39 is 0 Å². The van der Waals surface area contributed by atoms with Gasteiger partial charge < -0.3 is 19.5 Å². The number of hydrogen-bond acceptors (Lipinski definition) is 6. The SMILES string of the molecule is CCN(CC)c1ccc(NC(=O)CCc2nc(-c3ccc(OC)cc3)no2)cc1. The van der Waals surface area contributed by atoms with Gasteiger partial charge in [-0.1, -0.05) is 5.16 Å². The van der Waals surface area contributed by atoms with Crippen molar-refractivity contribution in [1.29, 1.82) is 0 Å². The van der Waals surface area contributed by atoms with Crippen LogP contribution in [0.4, 0.5) is 11.4 Å². The van der Waals surface area contributed by atoms with E-state index in [0.29, 0.717) is 18.1 Å². The first-order valence-electron chi connectivity index (χ1n) is 9.74. The summed E-state index contributed by atoms with van der Waals surface area (Å²) in [5.41, 5.74) is 2.75. The van der Waals surface area contributed by atoms with Crippen molar-refractivity contribution < 1.29 is 14.1 Å². The average molecular weight is 394 g/mol. The van der Waals surface area contributed by atoms with E-state index in [-0.39, 0.29) is 12.3 Å². The Labute approximate surface area is 170 Å². The maximum absolute atomic E-state index is 12.2. The minimum Gasteiger partial charge on any atom is -0.497 e. The Bertz CT molecular complexity index is 916. The van der Waals surface area contributed by atoms with Crippen LogP contribution < -0.4 is 15.0 Å². The monoisotopic (exact) mass is 394 g/mol. The van der Waals surface area contributed by atoms with Crippen molar-refractivity contribution in [3.63, 3.8) is 0 Å². The fourth-order valence-electron chi connectivity index (χ4n) is 3.00. The fraction of sp³-hybridized carbons (Fsp3) is 0.318. The first-order chi connectivity index (χ1) is 14.1. The summed E-state index contributed by atoms with van der Waals surface area (Å²) in [6, 6.07) is 15.3. The van der Waals surface area contributed by atoms with Crippen molar-refractivity contribution in [2.75, 3.05) is 30.4 Å². The molecule has 1 heterocycles. The molecule has 0 unspecified atom stereocenters. The number of amides is 1. The molecule has 0 aliphatic carbocycles. The van der Waals surface area contributed by atoms with Crippen LogP contribution in [0.3, 0.4) is 0 Å². The number of carbonyl (C=O) groups is 1. The molecule has 0 radical (unpaired) electrons. The van der Waals surface area contributed by atoms with Crippen LogP contribution in [0.2, 0.25) is 0 Å². The normalized spacial score (nSPS) is 10.6. The quantitative estimate of drug-likeness (QED) is 0.587. The number of anilines is 2. The molecule has 0 saturated carbocycles. The Morgan fingerprint density at radius 1 is 1.07 bits per heavy atom. The molecule has 0 aliphatic rings. The number of nitrogens with one attached hydrogen (secondary N) is 1. The molecule has 152 valence electrons. The maximum Gasteiger partial charge on any atom is 0.227 e. The zero-order chi connectivity index (χ0) is 20.6. The summed E-state index contributed by atoms with van der Waals surface area (Å²) in [5, 5.41) is 6.89. The third-order valence-electron chi connectivity index (χ3n) is 4.66. The van der Waals surface area contributed by atoms with Crippen molar-refractivity contribution in [1.82, 2.24) is 10.1 Å². The van der Waals surface area contributed by atoms with E-state index in [4.69, 9.17) is 9.26 Å². The van der Waals surface area contributed by atoms with Crippen LogP contribution in [-0.4, -0.2) is 36.2 Å². The molecule has 1 aromatic heterocycles. The highest BCUT2D eigenvalue weighted by molar-refractivity contribution is 5.90. The van der Waals surface area contributed by atoms with E-state index in [1.165, 1.54) is 0 Å². The third-order valence-corrected chi connectivity index (χ3v) is 4.66. The molecule has 3 aromatic rings. The van der Waals surface area contributed by atoms with Crippen LogP contribution in [0, 0.1) is 0 Å². The summed E-state index contributed by atoms with van der Waals surface area (Å²) >= 11 is 0. The second-order valence-corrected chi connectivity index (χ2v) is 6.51. The number of aryl methyl sites for hydroxylation is 1. The first kappa shape index (κ1) is 20.4. The highest BCUT2D eigenvalue weighted by Gasteiger charge is 2.11. The van der Waals surface area contributed by atoms with E-state index in [1.807, 2.05) is 48.5 Å². The highest BCUT2D eigenvalue weighted by atomic mass is 16.5.